The Morgan fingerprint density at radius 3 is 2.81 bits per heavy atom. The molecular formula is C21H26N6O4S. The number of nitrogens with zero attached hydrogens (tertiary/aromatic N) is 5. The minimum Gasteiger partial charge on any atom is -0.386 e. The second kappa shape index (κ2) is 7.68. The van der Waals surface area contributed by atoms with Crippen LogP contribution in [0.2, 0.25) is 0 Å². The van der Waals surface area contributed by atoms with Gasteiger partial charge in [-0.25, -0.2) is 13.1 Å². The molecule has 0 bridgehead atoms. The van der Waals surface area contributed by atoms with Gasteiger partial charge in [0.2, 0.25) is 5.95 Å². The van der Waals surface area contributed by atoms with Crippen LogP contribution in [0, 0.1) is 0 Å². The Morgan fingerprint density at radius 1 is 1.31 bits per heavy atom. The fourth-order valence-electron chi connectivity index (χ4n) is 4.10. The number of aromatic nitrogens is 4. The number of ether oxygens (including phenoxy) is 1. The zero-order chi connectivity index (χ0) is 22.5. The molecule has 11 heteroatoms. The van der Waals surface area contributed by atoms with Crippen molar-refractivity contribution in [3.63, 3.8) is 0 Å². The number of hydrogen-bond donors (Lipinski definition) is 2. The number of fused-ring (bicyclic) bond motifs is 1. The van der Waals surface area contributed by atoms with Crippen LogP contribution in [0.15, 0.2) is 35.4 Å². The summed E-state index contributed by atoms with van der Waals surface area (Å²) in [5.74, 6) is 1.15. The Labute approximate surface area is 186 Å². The first-order valence-corrected chi connectivity index (χ1v) is 12.5. The number of sulfone groups is 1. The number of benzene rings is 1. The predicted octanol–water partition coefficient (Wildman–Crippen LogP) is 1.38. The monoisotopic (exact) mass is 458 g/mol. The van der Waals surface area contributed by atoms with E-state index < -0.39 is 15.4 Å². The molecule has 1 atom stereocenters. The summed E-state index contributed by atoms with van der Waals surface area (Å²) in [6, 6.07) is 6.74. The second-order valence-electron chi connectivity index (χ2n) is 8.57. The van der Waals surface area contributed by atoms with Crippen LogP contribution in [-0.4, -0.2) is 77.5 Å². The Bertz CT molecular complexity index is 1260. The topological polar surface area (TPSA) is 122 Å². The molecule has 10 nitrogen and oxygen atoms in total. The lowest BCUT2D eigenvalue weighted by molar-refractivity contribution is 0.00824. The van der Waals surface area contributed by atoms with Crippen molar-refractivity contribution in [2.45, 2.75) is 36.3 Å². The smallest absolute Gasteiger partial charge is 0.227 e. The molecule has 0 unspecified atom stereocenters. The largest absolute Gasteiger partial charge is 0.386 e. The average molecular weight is 459 g/mol. The van der Waals surface area contributed by atoms with E-state index >= 15 is 0 Å². The van der Waals surface area contributed by atoms with Crippen LogP contribution in [0.5, 0.6) is 0 Å². The van der Waals surface area contributed by atoms with Gasteiger partial charge in [0, 0.05) is 26.0 Å². The van der Waals surface area contributed by atoms with Crippen molar-refractivity contribution < 1.29 is 18.3 Å². The van der Waals surface area contributed by atoms with Gasteiger partial charge in [-0.2, -0.15) is 15.1 Å². The van der Waals surface area contributed by atoms with E-state index in [1.807, 2.05) is 11.8 Å². The first kappa shape index (κ1) is 21.1. The molecule has 1 aromatic carbocycles. The van der Waals surface area contributed by atoms with Crippen molar-refractivity contribution in [1.82, 2.24) is 19.7 Å². The maximum Gasteiger partial charge on any atom is 0.227 e. The van der Waals surface area contributed by atoms with E-state index in [1.54, 1.807) is 35.1 Å². The number of aliphatic hydroxyl groups is 1. The van der Waals surface area contributed by atoms with Gasteiger partial charge in [-0.1, -0.05) is 13.0 Å². The normalized spacial score (nSPS) is 20.5. The third kappa shape index (κ3) is 3.80. The van der Waals surface area contributed by atoms with Gasteiger partial charge in [0.15, 0.2) is 15.5 Å². The zero-order valence-electron chi connectivity index (χ0n) is 18.0. The van der Waals surface area contributed by atoms with Gasteiger partial charge in [0.05, 0.1) is 40.4 Å². The molecule has 0 spiro atoms. The maximum absolute atomic E-state index is 12.0. The summed E-state index contributed by atoms with van der Waals surface area (Å²) in [4.78, 5) is 11.7. The van der Waals surface area contributed by atoms with E-state index in [0.717, 1.165) is 11.8 Å². The van der Waals surface area contributed by atoms with Crippen molar-refractivity contribution in [1.29, 1.82) is 0 Å². The highest BCUT2D eigenvalue weighted by Gasteiger charge is 2.41. The molecule has 2 aliphatic heterocycles. The number of anilines is 2. The summed E-state index contributed by atoms with van der Waals surface area (Å²) in [6.45, 7) is 4.21. The molecule has 2 saturated heterocycles. The maximum atomic E-state index is 12.0. The molecule has 0 amide bonds. The second-order valence-corrected chi connectivity index (χ2v) is 10.6. The quantitative estimate of drug-likeness (QED) is 0.564. The Hall–Kier alpha value is -2.76. The summed E-state index contributed by atoms with van der Waals surface area (Å²) in [7, 11) is -3.36. The summed E-state index contributed by atoms with van der Waals surface area (Å²) in [5.41, 5.74) is 0.439. The highest BCUT2D eigenvalue weighted by atomic mass is 32.2. The Balaban J connectivity index is 1.60. The van der Waals surface area contributed by atoms with E-state index in [0.29, 0.717) is 55.8 Å². The van der Waals surface area contributed by atoms with E-state index in [2.05, 4.69) is 10.4 Å². The fourth-order valence-corrected chi connectivity index (χ4v) is 4.76. The SMILES string of the molecule is CCC1(O)CN(c2nc(N[C@@H]3CCOC3)nc3c2cnn3-c2cccc(S(C)(=O)=O)c2)C1. The van der Waals surface area contributed by atoms with Crippen LogP contribution >= 0.6 is 0 Å². The van der Waals surface area contributed by atoms with E-state index in [9.17, 15) is 13.5 Å². The minimum absolute atomic E-state index is 0.120. The van der Waals surface area contributed by atoms with Crippen LogP contribution < -0.4 is 10.2 Å². The number of rotatable bonds is 6. The molecule has 0 aliphatic carbocycles. The van der Waals surface area contributed by atoms with Crippen LogP contribution in [-0.2, 0) is 14.6 Å². The number of β-amino-alcohol motifs (C(OH)–C–C–N with tert-alkyl or cyclic N) is 1. The average Bonchev–Trinajstić information content (AvgIpc) is 3.40. The van der Waals surface area contributed by atoms with Crippen molar-refractivity contribution in [2.24, 2.45) is 0 Å². The molecule has 2 aromatic heterocycles. The van der Waals surface area contributed by atoms with Crippen molar-refractivity contribution >= 4 is 32.6 Å². The highest BCUT2D eigenvalue weighted by Crippen LogP contribution is 2.34. The molecule has 2 N–H and O–H groups in total. The lowest BCUT2D eigenvalue weighted by Crippen LogP contribution is -2.62. The van der Waals surface area contributed by atoms with Gasteiger partial charge in [0.1, 0.15) is 5.82 Å². The Morgan fingerprint density at radius 2 is 2.12 bits per heavy atom. The van der Waals surface area contributed by atoms with Gasteiger partial charge >= 0.3 is 0 Å². The van der Waals surface area contributed by atoms with Gasteiger partial charge in [-0.05, 0) is 31.0 Å². The molecule has 32 heavy (non-hydrogen) atoms. The molecule has 170 valence electrons. The van der Waals surface area contributed by atoms with E-state index in [4.69, 9.17) is 14.7 Å². The van der Waals surface area contributed by atoms with Crippen molar-refractivity contribution in [3.8, 4) is 5.69 Å². The summed E-state index contributed by atoms with van der Waals surface area (Å²) >= 11 is 0. The first-order valence-electron chi connectivity index (χ1n) is 10.6. The number of hydrogen-bond acceptors (Lipinski definition) is 9. The van der Waals surface area contributed by atoms with Crippen molar-refractivity contribution in [2.75, 3.05) is 42.8 Å². The molecule has 4 heterocycles. The predicted molar refractivity (Wildman–Crippen MR) is 120 cm³/mol. The lowest BCUT2D eigenvalue weighted by Gasteiger charge is -2.47. The lowest BCUT2D eigenvalue weighted by atomic mass is 9.91. The molecule has 3 aromatic rings. The number of nitrogens with one attached hydrogen (secondary N) is 1. The third-order valence-corrected chi connectivity index (χ3v) is 7.20. The fraction of sp³-hybridized carbons (Fsp3) is 0.476. The van der Waals surface area contributed by atoms with E-state index in [1.165, 1.54) is 6.26 Å². The van der Waals surface area contributed by atoms with Crippen LogP contribution in [0.4, 0.5) is 11.8 Å². The zero-order valence-corrected chi connectivity index (χ0v) is 18.8. The van der Waals surface area contributed by atoms with Crippen molar-refractivity contribution in [3.05, 3.63) is 30.5 Å². The van der Waals surface area contributed by atoms with Gasteiger partial charge < -0.3 is 20.1 Å². The summed E-state index contributed by atoms with van der Waals surface area (Å²) in [5, 5.41) is 19.1. The van der Waals surface area contributed by atoms with Crippen LogP contribution in [0.25, 0.3) is 16.7 Å². The third-order valence-electron chi connectivity index (χ3n) is 6.09. The molecule has 2 fully saturated rings. The standard InChI is InChI=1S/C21H26N6O4S/c1-3-21(28)12-26(13-21)18-17-10-22-27(15-5-4-6-16(9-15)32(2,29)30)19(17)25-20(24-18)23-14-7-8-31-11-14/h4-6,9-10,14,28H,3,7-8,11-13H2,1-2H3,(H,23,24,25)/t14-/m1/s1. The van der Waals surface area contributed by atoms with E-state index in [-0.39, 0.29) is 10.9 Å². The molecule has 0 radical (unpaired) electrons. The Kier molecular flexibility index (Phi) is 5.06. The summed E-state index contributed by atoms with van der Waals surface area (Å²) < 4.78 is 31.2. The molecular weight excluding hydrogens is 432 g/mol. The minimum atomic E-state index is -3.36. The van der Waals surface area contributed by atoms with Crippen LogP contribution in [0.1, 0.15) is 19.8 Å². The summed E-state index contributed by atoms with van der Waals surface area (Å²) in [6.07, 6.45) is 4.40. The first-order chi connectivity index (χ1) is 15.3. The van der Waals surface area contributed by atoms with Gasteiger partial charge in [-0.15, -0.1) is 0 Å². The molecule has 2 aliphatic rings. The van der Waals surface area contributed by atoms with Gasteiger partial charge in [0.25, 0.3) is 0 Å². The van der Waals surface area contributed by atoms with Gasteiger partial charge in [-0.3, -0.25) is 0 Å². The molecule has 0 saturated carbocycles. The molecule has 5 rings (SSSR count). The highest BCUT2D eigenvalue weighted by molar-refractivity contribution is 7.90. The van der Waals surface area contributed by atoms with Crippen LogP contribution in [0.3, 0.4) is 0 Å².